The molecule has 1 amide bonds. The van der Waals surface area contributed by atoms with Crippen LogP contribution in [0.15, 0.2) is 12.1 Å². The Morgan fingerprint density at radius 3 is 2.89 bits per heavy atom. The van der Waals surface area contributed by atoms with Gasteiger partial charge in [-0.3, -0.25) is 4.79 Å². The first-order valence-electron chi connectivity index (χ1n) is 5.87. The van der Waals surface area contributed by atoms with E-state index in [1.54, 1.807) is 18.4 Å². The molecule has 1 rings (SSSR count). The van der Waals surface area contributed by atoms with Crippen molar-refractivity contribution in [3.8, 4) is 0 Å². The van der Waals surface area contributed by atoms with Crippen molar-refractivity contribution in [2.45, 2.75) is 19.4 Å². The summed E-state index contributed by atoms with van der Waals surface area (Å²) in [6.07, 6.45) is 0.882. The lowest BCUT2D eigenvalue weighted by Gasteiger charge is -2.13. The molecule has 1 aromatic rings. The molecule has 102 valence electrons. The van der Waals surface area contributed by atoms with Gasteiger partial charge in [0.25, 0.3) is 0 Å². The van der Waals surface area contributed by atoms with E-state index >= 15 is 0 Å². The van der Waals surface area contributed by atoms with Gasteiger partial charge < -0.3 is 15.4 Å². The summed E-state index contributed by atoms with van der Waals surface area (Å²) >= 11 is 7.42. The highest BCUT2D eigenvalue weighted by molar-refractivity contribution is 7.16. The molecule has 0 radical (unpaired) electrons. The molecular weight excluding hydrogens is 272 g/mol. The Labute approximate surface area is 117 Å². The Morgan fingerprint density at radius 1 is 1.50 bits per heavy atom. The average molecular weight is 291 g/mol. The van der Waals surface area contributed by atoms with Crippen molar-refractivity contribution in [3.63, 3.8) is 0 Å². The van der Waals surface area contributed by atoms with Crippen molar-refractivity contribution in [2.24, 2.45) is 0 Å². The summed E-state index contributed by atoms with van der Waals surface area (Å²) in [5.74, 6) is -0.00346. The van der Waals surface area contributed by atoms with E-state index in [2.05, 4.69) is 10.6 Å². The molecule has 1 aromatic heterocycles. The van der Waals surface area contributed by atoms with E-state index in [4.69, 9.17) is 16.3 Å². The van der Waals surface area contributed by atoms with Crippen molar-refractivity contribution in [2.75, 3.05) is 26.8 Å². The number of methoxy groups -OCH3 is 1. The molecule has 0 spiro atoms. The second-order valence-corrected chi connectivity index (χ2v) is 5.72. The summed E-state index contributed by atoms with van der Waals surface area (Å²) in [7, 11) is 1.61. The van der Waals surface area contributed by atoms with Gasteiger partial charge in [0, 0.05) is 25.1 Å². The first kappa shape index (κ1) is 15.4. The Morgan fingerprint density at radius 2 is 2.28 bits per heavy atom. The van der Waals surface area contributed by atoms with Gasteiger partial charge in [0.2, 0.25) is 5.91 Å². The maximum atomic E-state index is 11.6. The fourth-order valence-electron chi connectivity index (χ4n) is 1.42. The van der Waals surface area contributed by atoms with Crippen LogP contribution in [0.25, 0.3) is 0 Å². The smallest absolute Gasteiger partial charge is 0.236 e. The molecule has 4 nitrogen and oxygen atoms in total. The highest BCUT2D eigenvalue weighted by Gasteiger charge is 2.10. The number of carbonyl (C=O) groups excluding carboxylic acids is 1. The summed E-state index contributed by atoms with van der Waals surface area (Å²) in [4.78, 5) is 12.8. The molecule has 6 heteroatoms. The number of rotatable bonds is 8. The number of thiophene rings is 1. The van der Waals surface area contributed by atoms with Crippen LogP contribution in [-0.4, -0.2) is 38.8 Å². The molecule has 0 fully saturated rings. The van der Waals surface area contributed by atoms with Crippen LogP contribution >= 0.6 is 22.9 Å². The van der Waals surface area contributed by atoms with Crippen LogP contribution in [0.5, 0.6) is 0 Å². The van der Waals surface area contributed by atoms with E-state index in [1.165, 1.54) is 4.88 Å². The van der Waals surface area contributed by atoms with Gasteiger partial charge in [-0.1, -0.05) is 11.6 Å². The number of amides is 1. The normalized spacial score (nSPS) is 12.4. The van der Waals surface area contributed by atoms with Gasteiger partial charge in [0.05, 0.1) is 17.0 Å². The summed E-state index contributed by atoms with van der Waals surface area (Å²) < 4.78 is 5.67. The molecule has 0 aromatic carbocycles. The van der Waals surface area contributed by atoms with Crippen LogP contribution in [0.4, 0.5) is 0 Å². The van der Waals surface area contributed by atoms with Gasteiger partial charge in [-0.25, -0.2) is 0 Å². The lowest BCUT2D eigenvalue weighted by molar-refractivity contribution is -0.122. The zero-order chi connectivity index (χ0) is 13.4. The number of carbonyl (C=O) groups is 1. The SMILES string of the molecule is COCCNC(=O)C(C)NCCc1ccc(Cl)s1. The zero-order valence-electron chi connectivity index (χ0n) is 10.7. The molecule has 18 heavy (non-hydrogen) atoms. The molecule has 0 bridgehead atoms. The van der Waals surface area contributed by atoms with E-state index in [0.29, 0.717) is 13.2 Å². The first-order chi connectivity index (χ1) is 8.63. The first-order valence-corrected chi connectivity index (χ1v) is 7.07. The number of hydrogen-bond acceptors (Lipinski definition) is 4. The third kappa shape index (κ3) is 5.82. The van der Waals surface area contributed by atoms with Crippen molar-refractivity contribution in [1.29, 1.82) is 0 Å². The van der Waals surface area contributed by atoms with E-state index < -0.39 is 0 Å². The molecule has 2 N–H and O–H groups in total. The minimum absolute atomic E-state index is 0.00346. The maximum absolute atomic E-state index is 11.6. The molecule has 1 unspecified atom stereocenters. The fourth-order valence-corrected chi connectivity index (χ4v) is 2.51. The van der Waals surface area contributed by atoms with E-state index in [-0.39, 0.29) is 11.9 Å². The molecular formula is C12H19ClN2O2S. The Bertz CT molecular complexity index is 371. The van der Waals surface area contributed by atoms with Crippen molar-refractivity contribution in [1.82, 2.24) is 10.6 Å². The summed E-state index contributed by atoms with van der Waals surface area (Å²) in [6.45, 7) is 3.69. The van der Waals surface area contributed by atoms with Crippen molar-refractivity contribution < 1.29 is 9.53 Å². The third-order valence-electron chi connectivity index (χ3n) is 2.45. The van der Waals surface area contributed by atoms with Crippen LogP contribution in [0.3, 0.4) is 0 Å². The highest BCUT2D eigenvalue weighted by Crippen LogP contribution is 2.21. The van der Waals surface area contributed by atoms with Gasteiger partial charge in [0.1, 0.15) is 0 Å². The fraction of sp³-hybridized carbons (Fsp3) is 0.583. The van der Waals surface area contributed by atoms with E-state index in [9.17, 15) is 4.79 Å². The van der Waals surface area contributed by atoms with Gasteiger partial charge in [0.15, 0.2) is 0 Å². The second kappa shape index (κ2) is 8.48. The predicted octanol–water partition coefficient (Wildman–Crippen LogP) is 1.68. The second-order valence-electron chi connectivity index (χ2n) is 3.92. The maximum Gasteiger partial charge on any atom is 0.236 e. The lowest BCUT2D eigenvalue weighted by Crippen LogP contribution is -2.43. The molecule has 0 saturated heterocycles. The molecule has 0 saturated carbocycles. The predicted molar refractivity (Wildman–Crippen MR) is 75.4 cm³/mol. The monoisotopic (exact) mass is 290 g/mol. The van der Waals surface area contributed by atoms with Crippen LogP contribution in [-0.2, 0) is 16.0 Å². The summed E-state index contributed by atoms with van der Waals surface area (Å²) in [6, 6.07) is 3.71. The van der Waals surface area contributed by atoms with Crippen LogP contribution in [0.2, 0.25) is 4.34 Å². The van der Waals surface area contributed by atoms with Crippen LogP contribution < -0.4 is 10.6 Å². The Kier molecular flexibility index (Phi) is 7.27. The minimum atomic E-state index is -0.197. The van der Waals surface area contributed by atoms with Crippen molar-refractivity contribution in [3.05, 3.63) is 21.3 Å². The quantitative estimate of drug-likeness (QED) is 0.716. The van der Waals surface area contributed by atoms with Gasteiger partial charge in [-0.05, 0) is 25.5 Å². The largest absolute Gasteiger partial charge is 0.383 e. The summed E-state index contributed by atoms with van der Waals surface area (Å²) in [5.41, 5.74) is 0. The molecule has 0 aliphatic carbocycles. The lowest BCUT2D eigenvalue weighted by atomic mass is 10.3. The standard InChI is InChI=1S/C12H19ClN2O2S/c1-9(12(16)15-7-8-17-2)14-6-5-10-3-4-11(13)18-10/h3-4,9,14H,5-8H2,1-2H3,(H,15,16). The van der Waals surface area contributed by atoms with Gasteiger partial charge in [-0.2, -0.15) is 0 Å². The third-order valence-corrected chi connectivity index (χ3v) is 3.74. The molecule has 1 heterocycles. The zero-order valence-corrected chi connectivity index (χ0v) is 12.2. The topological polar surface area (TPSA) is 50.4 Å². The molecule has 0 aliphatic heterocycles. The van der Waals surface area contributed by atoms with Crippen molar-refractivity contribution >= 4 is 28.8 Å². The number of nitrogens with one attached hydrogen (secondary N) is 2. The molecule has 0 aliphatic rings. The van der Waals surface area contributed by atoms with E-state index in [1.807, 2.05) is 19.1 Å². The molecule has 1 atom stereocenters. The number of hydrogen-bond donors (Lipinski definition) is 2. The summed E-state index contributed by atoms with van der Waals surface area (Å²) in [5, 5.41) is 5.97. The van der Waals surface area contributed by atoms with Gasteiger partial charge in [-0.15, -0.1) is 11.3 Å². The highest BCUT2D eigenvalue weighted by atomic mass is 35.5. The van der Waals surface area contributed by atoms with Gasteiger partial charge >= 0.3 is 0 Å². The van der Waals surface area contributed by atoms with Crippen LogP contribution in [0.1, 0.15) is 11.8 Å². The Hall–Kier alpha value is -0.620. The van der Waals surface area contributed by atoms with E-state index in [0.717, 1.165) is 17.3 Å². The number of ether oxygens (including phenoxy) is 1. The average Bonchev–Trinajstić information content (AvgIpc) is 2.75. The minimum Gasteiger partial charge on any atom is -0.383 e. The Balaban J connectivity index is 2.16. The number of halogens is 1. The van der Waals surface area contributed by atoms with Crippen LogP contribution in [0, 0.1) is 0 Å².